The molecule has 0 radical (unpaired) electrons. The van der Waals surface area contributed by atoms with Crippen molar-refractivity contribution in [2.45, 2.75) is 58.6 Å². The number of aliphatic hydroxyl groups excluding tert-OH is 1. The van der Waals surface area contributed by atoms with E-state index in [1.165, 1.54) is 0 Å². The fraction of sp³-hybridized carbons (Fsp3) is 0.867. The normalized spacial score (nSPS) is 19.8. The van der Waals surface area contributed by atoms with Crippen LogP contribution in [0.25, 0.3) is 0 Å². The molecule has 1 saturated heterocycles. The smallest absolute Gasteiger partial charge is 0.227 e. The van der Waals surface area contributed by atoms with Crippen LogP contribution in [0.1, 0.15) is 47.0 Å². The predicted molar refractivity (Wildman–Crippen MR) is 81.6 cm³/mol. The Hall–Kier alpha value is -1.14. The van der Waals surface area contributed by atoms with Crippen molar-refractivity contribution >= 4 is 12.3 Å². The predicted octanol–water partition coefficient (Wildman–Crippen LogP) is 0.519. The highest BCUT2D eigenvalue weighted by atomic mass is 16.3. The molecule has 2 atom stereocenters. The highest BCUT2D eigenvalue weighted by molar-refractivity contribution is 5.79. The van der Waals surface area contributed by atoms with E-state index in [1.54, 1.807) is 18.7 Å². The number of amides is 2. The summed E-state index contributed by atoms with van der Waals surface area (Å²) in [7, 11) is 0. The van der Waals surface area contributed by atoms with Crippen molar-refractivity contribution in [3.63, 3.8) is 0 Å². The largest absolute Gasteiger partial charge is 0.396 e. The van der Waals surface area contributed by atoms with Gasteiger partial charge in [-0.1, -0.05) is 20.8 Å². The summed E-state index contributed by atoms with van der Waals surface area (Å²) in [4.78, 5) is 24.6. The lowest BCUT2D eigenvalue weighted by atomic mass is 9.91. The SMILES string of the molecule is CC.CC(C(=O)N1CCC(C)(O)CC1)C(CCO)NC=O. The van der Waals surface area contributed by atoms with Crippen LogP contribution < -0.4 is 5.32 Å². The van der Waals surface area contributed by atoms with Crippen LogP contribution in [-0.2, 0) is 9.59 Å². The fourth-order valence-electron chi connectivity index (χ4n) is 2.37. The van der Waals surface area contributed by atoms with E-state index in [0.717, 1.165) is 0 Å². The van der Waals surface area contributed by atoms with E-state index in [4.69, 9.17) is 5.11 Å². The van der Waals surface area contributed by atoms with Crippen molar-refractivity contribution in [1.29, 1.82) is 0 Å². The van der Waals surface area contributed by atoms with Gasteiger partial charge in [0.1, 0.15) is 0 Å². The van der Waals surface area contributed by atoms with Gasteiger partial charge in [-0.15, -0.1) is 0 Å². The molecule has 6 nitrogen and oxygen atoms in total. The monoisotopic (exact) mass is 302 g/mol. The molecular weight excluding hydrogens is 272 g/mol. The minimum absolute atomic E-state index is 0.0386. The summed E-state index contributed by atoms with van der Waals surface area (Å²) in [5.41, 5.74) is -0.689. The number of hydrogen-bond donors (Lipinski definition) is 3. The van der Waals surface area contributed by atoms with Gasteiger partial charge in [0.25, 0.3) is 0 Å². The van der Waals surface area contributed by atoms with E-state index in [1.807, 2.05) is 13.8 Å². The fourth-order valence-corrected chi connectivity index (χ4v) is 2.37. The van der Waals surface area contributed by atoms with Crippen molar-refractivity contribution in [2.24, 2.45) is 5.92 Å². The second kappa shape index (κ2) is 9.73. The highest BCUT2D eigenvalue weighted by Crippen LogP contribution is 2.23. The van der Waals surface area contributed by atoms with E-state index in [-0.39, 0.29) is 24.5 Å². The Morgan fingerprint density at radius 3 is 2.33 bits per heavy atom. The lowest BCUT2D eigenvalue weighted by Gasteiger charge is -2.38. The van der Waals surface area contributed by atoms with Gasteiger partial charge in [-0.3, -0.25) is 9.59 Å². The minimum atomic E-state index is -0.689. The van der Waals surface area contributed by atoms with E-state index >= 15 is 0 Å². The van der Waals surface area contributed by atoms with Crippen molar-refractivity contribution in [3.05, 3.63) is 0 Å². The van der Waals surface area contributed by atoms with E-state index < -0.39 is 5.60 Å². The summed E-state index contributed by atoms with van der Waals surface area (Å²) >= 11 is 0. The lowest BCUT2D eigenvalue weighted by molar-refractivity contribution is -0.139. The van der Waals surface area contributed by atoms with Crippen LogP contribution in [0.3, 0.4) is 0 Å². The van der Waals surface area contributed by atoms with Crippen LogP contribution in [0.15, 0.2) is 0 Å². The lowest BCUT2D eigenvalue weighted by Crippen LogP contribution is -2.50. The second-order valence-corrected chi connectivity index (χ2v) is 5.51. The molecule has 1 fully saturated rings. The van der Waals surface area contributed by atoms with E-state index in [2.05, 4.69) is 5.32 Å². The molecule has 1 aliphatic rings. The van der Waals surface area contributed by atoms with Gasteiger partial charge in [0.2, 0.25) is 12.3 Å². The minimum Gasteiger partial charge on any atom is -0.396 e. The first-order valence-electron chi connectivity index (χ1n) is 7.73. The Labute approximate surface area is 127 Å². The Balaban J connectivity index is 0.00000191. The van der Waals surface area contributed by atoms with Crippen LogP contribution in [0, 0.1) is 5.92 Å². The summed E-state index contributed by atoms with van der Waals surface area (Å²) in [5.74, 6) is -0.413. The number of piperidine rings is 1. The Morgan fingerprint density at radius 2 is 1.90 bits per heavy atom. The molecule has 0 bridgehead atoms. The van der Waals surface area contributed by atoms with Gasteiger partial charge in [-0.2, -0.15) is 0 Å². The molecule has 2 amide bonds. The molecule has 6 heteroatoms. The molecule has 21 heavy (non-hydrogen) atoms. The van der Waals surface area contributed by atoms with Crippen molar-refractivity contribution in [2.75, 3.05) is 19.7 Å². The molecule has 0 saturated carbocycles. The summed E-state index contributed by atoms with van der Waals surface area (Å²) in [6, 6.07) is -0.350. The molecule has 0 aliphatic carbocycles. The maximum atomic E-state index is 12.3. The van der Waals surface area contributed by atoms with Crippen LogP contribution in [0.5, 0.6) is 0 Å². The van der Waals surface area contributed by atoms with Crippen LogP contribution in [0.4, 0.5) is 0 Å². The molecule has 0 aromatic rings. The topological polar surface area (TPSA) is 89.9 Å². The number of aliphatic hydroxyl groups is 2. The van der Waals surface area contributed by atoms with Crippen molar-refractivity contribution in [3.8, 4) is 0 Å². The molecular formula is C15H30N2O4. The number of carbonyl (C=O) groups is 2. The highest BCUT2D eigenvalue weighted by Gasteiger charge is 2.33. The number of likely N-dealkylation sites (tertiary alicyclic amines) is 1. The molecule has 124 valence electrons. The Morgan fingerprint density at radius 1 is 1.38 bits per heavy atom. The molecule has 1 aliphatic heterocycles. The maximum Gasteiger partial charge on any atom is 0.227 e. The molecule has 1 rings (SSSR count). The first kappa shape index (κ1) is 19.9. The van der Waals surface area contributed by atoms with Crippen LogP contribution in [0.2, 0.25) is 0 Å². The Kier molecular flexibility index (Phi) is 9.21. The second-order valence-electron chi connectivity index (χ2n) is 5.51. The zero-order valence-electron chi connectivity index (χ0n) is 13.6. The van der Waals surface area contributed by atoms with Gasteiger partial charge < -0.3 is 20.4 Å². The van der Waals surface area contributed by atoms with Gasteiger partial charge in [-0.05, 0) is 26.2 Å². The molecule has 2 unspecified atom stereocenters. The van der Waals surface area contributed by atoms with Gasteiger partial charge in [-0.25, -0.2) is 0 Å². The van der Waals surface area contributed by atoms with Crippen LogP contribution in [-0.4, -0.2) is 58.8 Å². The summed E-state index contributed by atoms with van der Waals surface area (Å²) < 4.78 is 0. The third kappa shape index (κ3) is 6.44. The number of carbonyl (C=O) groups excluding carboxylic acids is 2. The van der Waals surface area contributed by atoms with E-state index in [9.17, 15) is 14.7 Å². The van der Waals surface area contributed by atoms with E-state index in [0.29, 0.717) is 38.8 Å². The molecule has 0 aromatic heterocycles. The molecule has 0 spiro atoms. The van der Waals surface area contributed by atoms with Gasteiger partial charge in [0.15, 0.2) is 0 Å². The summed E-state index contributed by atoms with van der Waals surface area (Å²) in [6.45, 7) is 8.52. The zero-order valence-corrected chi connectivity index (χ0v) is 13.6. The number of rotatable bonds is 6. The number of hydrogen-bond acceptors (Lipinski definition) is 4. The zero-order chi connectivity index (χ0) is 16.5. The summed E-state index contributed by atoms with van der Waals surface area (Å²) in [5, 5.41) is 21.4. The van der Waals surface area contributed by atoms with Gasteiger partial charge in [0.05, 0.1) is 11.5 Å². The summed E-state index contributed by atoms with van der Waals surface area (Å²) in [6.07, 6.45) is 2.05. The average Bonchev–Trinajstić information content (AvgIpc) is 2.47. The number of nitrogens with zero attached hydrogens (tertiary/aromatic N) is 1. The third-order valence-corrected chi connectivity index (χ3v) is 3.87. The Bertz CT molecular complexity index is 311. The number of nitrogens with one attached hydrogen (secondary N) is 1. The quantitative estimate of drug-likeness (QED) is 0.624. The molecule has 1 heterocycles. The van der Waals surface area contributed by atoms with Crippen LogP contribution >= 0.6 is 0 Å². The van der Waals surface area contributed by atoms with Gasteiger partial charge >= 0.3 is 0 Å². The first-order chi connectivity index (χ1) is 9.91. The van der Waals surface area contributed by atoms with Gasteiger partial charge in [0, 0.05) is 25.7 Å². The van der Waals surface area contributed by atoms with Crippen molar-refractivity contribution < 1.29 is 19.8 Å². The van der Waals surface area contributed by atoms with Crippen molar-refractivity contribution in [1.82, 2.24) is 10.2 Å². The average molecular weight is 302 g/mol. The first-order valence-corrected chi connectivity index (χ1v) is 7.73. The molecule has 0 aromatic carbocycles. The molecule has 3 N–H and O–H groups in total. The maximum absolute atomic E-state index is 12.3. The standard InChI is InChI=1S/C13H24N2O4.C2H6/c1-10(11(3-8-16)14-9-17)12(18)15-6-4-13(2,19)5-7-15;1-2/h9-11,16,19H,3-8H2,1-2H3,(H,14,17);1-2H3. The third-order valence-electron chi connectivity index (χ3n) is 3.87.